The van der Waals surface area contributed by atoms with Crippen LogP contribution in [-0.2, 0) is 17.8 Å². The Balaban J connectivity index is 1.18. The first kappa shape index (κ1) is 22.0. The van der Waals surface area contributed by atoms with Gasteiger partial charge in [-0.15, -0.1) is 0 Å². The highest BCUT2D eigenvalue weighted by Crippen LogP contribution is 2.29. The number of carbonyl (C=O) groups is 2. The van der Waals surface area contributed by atoms with Crippen LogP contribution >= 0.6 is 0 Å². The van der Waals surface area contributed by atoms with Gasteiger partial charge in [0.1, 0.15) is 5.75 Å². The molecule has 2 aliphatic heterocycles. The summed E-state index contributed by atoms with van der Waals surface area (Å²) in [6.07, 6.45) is 0.716. The molecule has 0 radical (unpaired) electrons. The molecule has 34 heavy (non-hydrogen) atoms. The van der Waals surface area contributed by atoms with E-state index >= 15 is 0 Å². The quantitative estimate of drug-likeness (QED) is 0.570. The van der Waals surface area contributed by atoms with Crippen LogP contribution in [0.2, 0.25) is 0 Å². The van der Waals surface area contributed by atoms with Gasteiger partial charge in [0, 0.05) is 56.1 Å². The Labute approximate surface area is 200 Å². The maximum Gasteiger partial charge on any atom is 0.260 e. The van der Waals surface area contributed by atoms with Crippen molar-refractivity contribution in [3.63, 3.8) is 0 Å². The minimum atomic E-state index is -0.0156. The van der Waals surface area contributed by atoms with Gasteiger partial charge in [0.15, 0.2) is 6.61 Å². The number of fused-ring (bicyclic) bond motifs is 1. The fourth-order valence-corrected chi connectivity index (χ4v) is 4.72. The Morgan fingerprint density at radius 2 is 1.50 bits per heavy atom. The maximum absolute atomic E-state index is 13.1. The molecule has 0 unspecified atom stereocenters. The summed E-state index contributed by atoms with van der Waals surface area (Å²) in [7, 11) is 0. The van der Waals surface area contributed by atoms with Crippen LogP contribution in [-0.4, -0.2) is 60.9 Å². The van der Waals surface area contributed by atoms with Gasteiger partial charge >= 0.3 is 0 Å². The van der Waals surface area contributed by atoms with Crippen molar-refractivity contribution in [1.29, 1.82) is 0 Å². The predicted molar refractivity (Wildman–Crippen MR) is 132 cm³/mol. The van der Waals surface area contributed by atoms with E-state index in [9.17, 15) is 9.59 Å². The normalized spacial score (nSPS) is 15.8. The second-order valence-electron chi connectivity index (χ2n) is 8.74. The SMILES string of the molecule is O=C(COc1cccc2c1CCN(Cc1ccccc1)C2=O)N1CCN(c2ccccc2)CC1. The van der Waals surface area contributed by atoms with Crippen molar-refractivity contribution in [2.24, 2.45) is 0 Å². The third-order valence-corrected chi connectivity index (χ3v) is 6.60. The monoisotopic (exact) mass is 455 g/mol. The first-order chi connectivity index (χ1) is 16.7. The highest BCUT2D eigenvalue weighted by atomic mass is 16.5. The highest BCUT2D eigenvalue weighted by Gasteiger charge is 2.27. The summed E-state index contributed by atoms with van der Waals surface area (Å²) in [5.74, 6) is 0.638. The van der Waals surface area contributed by atoms with Gasteiger partial charge in [-0.3, -0.25) is 9.59 Å². The average Bonchev–Trinajstić information content (AvgIpc) is 2.90. The van der Waals surface area contributed by atoms with Crippen LogP contribution in [0.25, 0.3) is 0 Å². The van der Waals surface area contributed by atoms with E-state index in [1.807, 2.05) is 76.5 Å². The van der Waals surface area contributed by atoms with E-state index in [0.29, 0.717) is 43.9 Å². The lowest BCUT2D eigenvalue weighted by molar-refractivity contribution is -0.133. The Morgan fingerprint density at radius 3 is 2.24 bits per heavy atom. The van der Waals surface area contributed by atoms with Gasteiger partial charge in [0.2, 0.25) is 0 Å². The molecule has 0 spiro atoms. The number of amides is 2. The van der Waals surface area contributed by atoms with Gasteiger partial charge in [0.05, 0.1) is 0 Å². The minimum Gasteiger partial charge on any atom is -0.483 e. The summed E-state index contributed by atoms with van der Waals surface area (Å²) < 4.78 is 5.96. The topological polar surface area (TPSA) is 53.1 Å². The Bertz CT molecular complexity index is 1140. The number of para-hydroxylation sites is 1. The molecule has 6 nitrogen and oxygen atoms in total. The molecule has 0 N–H and O–H groups in total. The summed E-state index contributed by atoms with van der Waals surface area (Å²) in [5, 5.41) is 0. The van der Waals surface area contributed by atoms with Gasteiger partial charge < -0.3 is 19.4 Å². The summed E-state index contributed by atoms with van der Waals surface area (Å²) in [6.45, 7) is 4.19. The molecule has 0 aromatic heterocycles. The molecule has 0 atom stereocenters. The molecule has 3 aromatic carbocycles. The zero-order valence-corrected chi connectivity index (χ0v) is 19.2. The van der Waals surface area contributed by atoms with E-state index in [1.54, 1.807) is 0 Å². The Kier molecular flexibility index (Phi) is 6.47. The third kappa shape index (κ3) is 4.76. The van der Waals surface area contributed by atoms with Crippen LogP contribution in [0.5, 0.6) is 5.75 Å². The van der Waals surface area contributed by atoms with Gasteiger partial charge in [-0.25, -0.2) is 0 Å². The molecule has 0 aliphatic carbocycles. The minimum absolute atomic E-state index is 0.0102. The van der Waals surface area contributed by atoms with Crippen LogP contribution in [0.1, 0.15) is 21.5 Å². The fourth-order valence-electron chi connectivity index (χ4n) is 4.72. The summed E-state index contributed by atoms with van der Waals surface area (Å²) in [5.41, 5.74) is 3.87. The van der Waals surface area contributed by atoms with Crippen molar-refractivity contribution in [1.82, 2.24) is 9.80 Å². The van der Waals surface area contributed by atoms with E-state index in [2.05, 4.69) is 17.0 Å². The molecule has 174 valence electrons. The number of hydrogen-bond donors (Lipinski definition) is 0. The molecule has 1 fully saturated rings. The van der Waals surface area contributed by atoms with Crippen LogP contribution in [0.3, 0.4) is 0 Å². The van der Waals surface area contributed by atoms with Crippen LogP contribution in [0.15, 0.2) is 78.9 Å². The maximum atomic E-state index is 13.1. The van der Waals surface area contributed by atoms with Crippen molar-refractivity contribution < 1.29 is 14.3 Å². The highest BCUT2D eigenvalue weighted by molar-refractivity contribution is 5.97. The second kappa shape index (κ2) is 10.00. The number of anilines is 1. The molecule has 2 amide bonds. The van der Waals surface area contributed by atoms with Crippen molar-refractivity contribution in [3.8, 4) is 5.75 Å². The number of hydrogen-bond acceptors (Lipinski definition) is 4. The van der Waals surface area contributed by atoms with Crippen molar-refractivity contribution in [3.05, 3.63) is 95.6 Å². The predicted octanol–water partition coefficient (Wildman–Crippen LogP) is 3.61. The zero-order chi connectivity index (χ0) is 23.3. The lowest BCUT2D eigenvalue weighted by atomic mass is 9.97. The zero-order valence-electron chi connectivity index (χ0n) is 19.2. The standard InChI is InChI=1S/C28H29N3O3/c32-27(30-18-16-29(17-19-30)23-10-5-2-6-11-23)21-34-26-13-7-12-25-24(26)14-15-31(28(25)33)20-22-8-3-1-4-9-22/h1-13H,14-21H2. The number of piperazine rings is 1. The molecule has 1 saturated heterocycles. The van der Waals surface area contributed by atoms with E-state index in [1.165, 1.54) is 5.69 Å². The molecule has 2 heterocycles. The second-order valence-corrected chi connectivity index (χ2v) is 8.74. The van der Waals surface area contributed by atoms with E-state index < -0.39 is 0 Å². The largest absolute Gasteiger partial charge is 0.483 e. The number of carbonyl (C=O) groups excluding carboxylic acids is 2. The van der Waals surface area contributed by atoms with Crippen molar-refractivity contribution in [2.45, 2.75) is 13.0 Å². The van der Waals surface area contributed by atoms with E-state index in [4.69, 9.17) is 4.74 Å². The Morgan fingerprint density at radius 1 is 0.794 bits per heavy atom. The number of rotatable bonds is 6. The first-order valence-corrected chi connectivity index (χ1v) is 11.8. The number of nitrogens with zero attached hydrogens (tertiary/aromatic N) is 3. The molecule has 2 aliphatic rings. The average molecular weight is 456 g/mol. The molecule has 3 aromatic rings. The fraction of sp³-hybridized carbons (Fsp3) is 0.286. The molecular weight excluding hydrogens is 426 g/mol. The van der Waals surface area contributed by atoms with E-state index in [0.717, 1.165) is 24.2 Å². The molecule has 6 heteroatoms. The van der Waals surface area contributed by atoms with Crippen LogP contribution in [0.4, 0.5) is 5.69 Å². The molecule has 0 bridgehead atoms. The van der Waals surface area contributed by atoms with Gasteiger partial charge in [-0.05, 0) is 36.2 Å². The van der Waals surface area contributed by atoms with Gasteiger partial charge in [0.25, 0.3) is 11.8 Å². The third-order valence-electron chi connectivity index (χ3n) is 6.60. The van der Waals surface area contributed by atoms with Crippen molar-refractivity contribution in [2.75, 3.05) is 44.2 Å². The van der Waals surface area contributed by atoms with Crippen LogP contribution in [0, 0.1) is 0 Å². The summed E-state index contributed by atoms with van der Waals surface area (Å²) in [4.78, 5) is 31.9. The van der Waals surface area contributed by atoms with Crippen molar-refractivity contribution >= 4 is 17.5 Å². The van der Waals surface area contributed by atoms with Gasteiger partial charge in [-0.1, -0.05) is 54.6 Å². The Hall–Kier alpha value is -3.80. The van der Waals surface area contributed by atoms with Crippen LogP contribution < -0.4 is 9.64 Å². The smallest absolute Gasteiger partial charge is 0.260 e. The van der Waals surface area contributed by atoms with E-state index in [-0.39, 0.29) is 18.4 Å². The molecule has 5 rings (SSSR count). The lowest BCUT2D eigenvalue weighted by Gasteiger charge is -2.36. The lowest BCUT2D eigenvalue weighted by Crippen LogP contribution is -2.50. The first-order valence-electron chi connectivity index (χ1n) is 11.8. The molecular formula is C28H29N3O3. The number of ether oxygens (including phenoxy) is 1. The number of benzene rings is 3. The summed E-state index contributed by atoms with van der Waals surface area (Å²) in [6, 6.07) is 25.9. The van der Waals surface area contributed by atoms with Gasteiger partial charge in [-0.2, -0.15) is 0 Å². The molecule has 0 saturated carbocycles. The summed E-state index contributed by atoms with van der Waals surface area (Å²) >= 11 is 0.